The number of ether oxygens (including phenoxy) is 1. The maximum Gasteiger partial charge on any atom is 0.251 e. The quantitative estimate of drug-likeness (QED) is 0.858. The van der Waals surface area contributed by atoms with Crippen LogP contribution in [0.4, 0.5) is 4.39 Å². The van der Waals surface area contributed by atoms with Gasteiger partial charge >= 0.3 is 0 Å². The van der Waals surface area contributed by atoms with Crippen LogP contribution in [0.2, 0.25) is 0 Å². The predicted molar refractivity (Wildman–Crippen MR) is 74.7 cm³/mol. The van der Waals surface area contributed by atoms with Gasteiger partial charge in [0.2, 0.25) is 0 Å². The van der Waals surface area contributed by atoms with Gasteiger partial charge in [-0.25, -0.2) is 4.39 Å². The van der Waals surface area contributed by atoms with E-state index in [1.54, 1.807) is 0 Å². The van der Waals surface area contributed by atoms with Crippen LogP contribution in [0, 0.1) is 5.82 Å². The summed E-state index contributed by atoms with van der Waals surface area (Å²) in [4.78, 5) is 14.5. The Labute approximate surface area is 122 Å². The minimum absolute atomic E-state index is 0.0589. The summed E-state index contributed by atoms with van der Waals surface area (Å²) in [7, 11) is 0. The molecular weight excluding hydrogens is 275 g/mol. The van der Waals surface area contributed by atoms with Gasteiger partial charge in [0.25, 0.3) is 5.91 Å². The highest BCUT2D eigenvalue weighted by atomic mass is 19.1. The van der Waals surface area contributed by atoms with Crippen LogP contribution < -0.4 is 5.32 Å². The molecule has 114 valence electrons. The Morgan fingerprint density at radius 2 is 2.29 bits per heavy atom. The first-order valence-electron chi connectivity index (χ1n) is 7.18. The molecule has 6 heteroatoms. The van der Waals surface area contributed by atoms with E-state index in [0.29, 0.717) is 12.6 Å². The number of phenolic OH excluding ortho intramolecular Hbond substituents is 1. The smallest absolute Gasteiger partial charge is 0.251 e. The van der Waals surface area contributed by atoms with E-state index in [1.165, 1.54) is 6.07 Å². The summed E-state index contributed by atoms with van der Waals surface area (Å²) in [5.41, 5.74) is 0.267. The fourth-order valence-electron chi connectivity index (χ4n) is 3.07. The summed E-state index contributed by atoms with van der Waals surface area (Å²) >= 11 is 0. The number of nitrogens with one attached hydrogen (secondary N) is 1. The zero-order chi connectivity index (χ0) is 15.0. The van der Waals surface area contributed by atoms with Gasteiger partial charge in [-0.2, -0.15) is 0 Å². The van der Waals surface area contributed by atoms with E-state index >= 15 is 0 Å². The van der Waals surface area contributed by atoms with Crippen LogP contribution in [0.15, 0.2) is 18.2 Å². The highest BCUT2D eigenvalue weighted by molar-refractivity contribution is 5.94. The predicted octanol–water partition coefficient (Wildman–Crippen LogP) is 1.12. The molecule has 3 rings (SSSR count). The summed E-state index contributed by atoms with van der Waals surface area (Å²) < 4.78 is 18.6. The lowest BCUT2D eigenvalue weighted by Crippen LogP contribution is -2.45. The Hall–Kier alpha value is -1.66. The summed E-state index contributed by atoms with van der Waals surface area (Å²) in [6.45, 7) is 4.43. The minimum Gasteiger partial charge on any atom is -0.505 e. The number of hydrogen-bond donors (Lipinski definition) is 2. The molecule has 3 atom stereocenters. The molecule has 0 unspecified atom stereocenters. The van der Waals surface area contributed by atoms with E-state index in [9.17, 15) is 14.3 Å². The first kappa shape index (κ1) is 14.3. The second-order valence-corrected chi connectivity index (χ2v) is 5.82. The van der Waals surface area contributed by atoms with Gasteiger partial charge in [0.1, 0.15) is 0 Å². The van der Waals surface area contributed by atoms with E-state index in [2.05, 4.69) is 10.2 Å². The summed E-state index contributed by atoms with van der Waals surface area (Å²) in [6, 6.07) is 4.03. The van der Waals surface area contributed by atoms with E-state index in [0.717, 1.165) is 31.6 Å². The maximum absolute atomic E-state index is 13.0. The van der Waals surface area contributed by atoms with E-state index in [4.69, 9.17) is 4.74 Å². The van der Waals surface area contributed by atoms with Crippen molar-refractivity contribution in [3.63, 3.8) is 0 Å². The molecular formula is C15H19FN2O3. The van der Waals surface area contributed by atoms with Crippen LogP contribution in [-0.4, -0.2) is 53.8 Å². The normalized spacial score (nSPS) is 29.1. The van der Waals surface area contributed by atoms with Crippen LogP contribution in [0.1, 0.15) is 23.7 Å². The number of phenols is 1. The van der Waals surface area contributed by atoms with E-state index in [1.807, 2.05) is 6.92 Å². The van der Waals surface area contributed by atoms with E-state index < -0.39 is 11.6 Å². The Balaban J connectivity index is 1.62. The molecule has 0 saturated carbocycles. The monoisotopic (exact) mass is 294 g/mol. The second-order valence-electron chi connectivity index (χ2n) is 5.82. The standard InChI is InChI=1S/C15H19FN2O3/c1-9-6-18-7-11(5-12(18)8-21-9)17-15(20)10-2-3-13(16)14(19)4-10/h2-4,9,11-12,19H,5-8H2,1H3,(H,17,20)/t9-,11+,12-/m0/s1. The molecule has 1 aromatic rings. The van der Waals surface area contributed by atoms with Crippen molar-refractivity contribution in [1.29, 1.82) is 0 Å². The van der Waals surface area contributed by atoms with Crippen molar-refractivity contribution >= 4 is 5.91 Å². The number of aromatic hydroxyl groups is 1. The first-order valence-corrected chi connectivity index (χ1v) is 7.18. The van der Waals surface area contributed by atoms with Gasteiger partial charge in [0.05, 0.1) is 12.7 Å². The van der Waals surface area contributed by atoms with Crippen molar-refractivity contribution in [1.82, 2.24) is 10.2 Å². The summed E-state index contributed by atoms with van der Waals surface area (Å²) in [5.74, 6) is -1.52. The third-order valence-corrected chi connectivity index (χ3v) is 4.14. The second kappa shape index (κ2) is 5.61. The van der Waals surface area contributed by atoms with Crippen LogP contribution >= 0.6 is 0 Å². The molecule has 5 nitrogen and oxygen atoms in total. The van der Waals surface area contributed by atoms with E-state index in [-0.39, 0.29) is 23.6 Å². The average Bonchev–Trinajstić information content (AvgIpc) is 2.83. The molecule has 2 saturated heterocycles. The molecule has 1 amide bonds. The third-order valence-electron chi connectivity index (χ3n) is 4.14. The summed E-state index contributed by atoms with van der Waals surface area (Å²) in [5, 5.41) is 12.3. The van der Waals surface area contributed by atoms with Crippen LogP contribution in [0.3, 0.4) is 0 Å². The lowest BCUT2D eigenvalue weighted by atomic mass is 10.1. The number of amides is 1. The van der Waals surface area contributed by atoms with Crippen LogP contribution in [-0.2, 0) is 4.74 Å². The van der Waals surface area contributed by atoms with Gasteiger partial charge < -0.3 is 15.2 Å². The average molecular weight is 294 g/mol. The maximum atomic E-state index is 13.0. The Morgan fingerprint density at radius 3 is 3.05 bits per heavy atom. The highest BCUT2D eigenvalue weighted by Gasteiger charge is 2.36. The van der Waals surface area contributed by atoms with Gasteiger partial charge in [0.15, 0.2) is 11.6 Å². The van der Waals surface area contributed by atoms with Crippen LogP contribution in [0.25, 0.3) is 0 Å². The molecule has 2 aliphatic rings. The number of benzene rings is 1. The van der Waals surface area contributed by atoms with Crippen molar-refractivity contribution in [2.75, 3.05) is 19.7 Å². The lowest BCUT2D eigenvalue weighted by Gasteiger charge is -2.33. The Bertz CT molecular complexity index is 552. The Kier molecular flexibility index (Phi) is 3.82. The van der Waals surface area contributed by atoms with Crippen molar-refractivity contribution in [3.05, 3.63) is 29.6 Å². The number of carbonyl (C=O) groups excluding carboxylic acids is 1. The SMILES string of the molecule is C[C@H]1CN2C[C@H](NC(=O)c3ccc(F)c(O)c3)C[C@H]2CO1. The fourth-order valence-corrected chi connectivity index (χ4v) is 3.07. The number of fused-ring (bicyclic) bond motifs is 1. The fraction of sp³-hybridized carbons (Fsp3) is 0.533. The molecule has 21 heavy (non-hydrogen) atoms. The topological polar surface area (TPSA) is 61.8 Å². The summed E-state index contributed by atoms with van der Waals surface area (Å²) in [6.07, 6.45) is 1.08. The number of carbonyl (C=O) groups is 1. The van der Waals surface area contributed by atoms with Gasteiger partial charge in [-0.3, -0.25) is 9.69 Å². The van der Waals surface area contributed by atoms with Crippen molar-refractivity contribution in [2.45, 2.75) is 31.5 Å². The molecule has 0 aromatic heterocycles. The van der Waals surface area contributed by atoms with Gasteiger partial charge in [-0.1, -0.05) is 0 Å². The Morgan fingerprint density at radius 1 is 1.48 bits per heavy atom. The molecule has 0 aliphatic carbocycles. The number of nitrogens with zero attached hydrogens (tertiary/aromatic N) is 1. The number of morpholine rings is 1. The van der Waals surface area contributed by atoms with Gasteiger partial charge in [-0.05, 0) is 31.5 Å². The zero-order valence-electron chi connectivity index (χ0n) is 11.9. The molecule has 0 bridgehead atoms. The molecule has 0 spiro atoms. The number of halogens is 1. The highest BCUT2D eigenvalue weighted by Crippen LogP contribution is 2.23. The molecule has 0 radical (unpaired) electrons. The van der Waals surface area contributed by atoms with Crippen LogP contribution in [0.5, 0.6) is 5.75 Å². The number of rotatable bonds is 2. The number of hydrogen-bond acceptors (Lipinski definition) is 4. The largest absolute Gasteiger partial charge is 0.505 e. The third kappa shape index (κ3) is 3.01. The minimum atomic E-state index is -0.726. The first-order chi connectivity index (χ1) is 10.0. The van der Waals surface area contributed by atoms with Gasteiger partial charge in [-0.15, -0.1) is 0 Å². The van der Waals surface area contributed by atoms with Gasteiger partial charge in [0, 0.05) is 30.7 Å². The molecule has 2 fully saturated rings. The lowest BCUT2D eigenvalue weighted by molar-refractivity contribution is -0.0390. The molecule has 2 N–H and O–H groups in total. The molecule has 2 aliphatic heterocycles. The van der Waals surface area contributed by atoms with Crippen molar-refractivity contribution in [2.24, 2.45) is 0 Å². The van der Waals surface area contributed by atoms with Crippen molar-refractivity contribution < 1.29 is 19.0 Å². The molecule has 2 heterocycles. The zero-order valence-corrected chi connectivity index (χ0v) is 11.9. The molecule has 1 aromatic carbocycles. The van der Waals surface area contributed by atoms with Crippen molar-refractivity contribution in [3.8, 4) is 5.75 Å².